The van der Waals surface area contributed by atoms with Crippen LogP contribution in [0.25, 0.3) is 10.9 Å². The number of fused-ring (bicyclic) bond motifs is 1. The molecule has 0 spiro atoms. The Kier molecular flexibility index (Phi) is 4.23. The third-order valence-electron chi connectivity index (χ3n) is 4.47. The fourth-order valence-electron chi connectivity index (χ4n) is 2.88. The Balaban J connectivity index is 1.78. The molecule has 0 amide bonds. The monoisotopic (exact) mass is 340 g/mol. The van der Waals surface area contributed by atoms with Gasteiger partial charge in [0.05, 0.1) is 5.75 Å². The van der Waals surface area contributed by atoms with Crippen molar-refractivity contribution in [3.8, 4) is 0 Å². The summed E-state index contributed by atoms with van der Waals surface area (Å²) in [5.74, 6) is 0.211. The van der Waals surface area contributed by atoms with Crippen molar-refractivity contribution in [3.05, 3.63) is 35.0 Å². The molecule has 0 radical (unpaired) electrons. The van der Waals surface area contributed by atoms with Crippen molar-refractivity contribution in [1.29, 1.82) is 0 Å². The first-order chi connectivity index (χ1) is 10.5. The Morgan fingerprint density at radius 1 is 1.36 bits per heavy atom. The van der Waals surface area contributed by atoms with Gasteiger partial charge >= 0.3 is 0 Å². The Labute approximate surface area is 136 Å². The lowest BCUT2D eigenvalue weighted by Crippen LogP contribution is -2.33. The minimum absolute atomic E-state index is 0.0641. The number of rotatable bonds is 7. The SMILES string of the molecule is CCCCS(=O)(=O)NCC1(c2c[nH]c3cc(Cl)ccc23)CC1. The summed E-state index contributed by atoms with van der Waals surface area (Å²) in [7, 11) is -3.17. The summed E-state index contributed by atoms with van der Waals surface area (Å²) in [5.41, 5.74) is 2.13. The van der Waals surface area contributed by atoms with Gasteiger partial charge in [-0.2, -0.15) is 0 Å². The molecule has 1 aromatic heterocycles. The van der Waals surface area contributed by atoms with E-state index in [2.05, 4.69) is 9.71 Å². The van der Waals surface area contributed by atoms with E-state index in [1.165, 1.54) is 5.56 Å². The molecule has 1 fully saturated rings. The van der Waals surface area contributed by atoms with E-state index in [4.69, 9.17) is 11.6 Å². The lowest BCUT2D eigenvalue weighted by Gasteiger charge is -2.16. The highest BCUT2D eigenvalue weighted by atomic mass is 35.5. The average molecular weight is 341 g/mol. The quantitative estimate of drug-likeness (QED) is 0.809. The van der Waals surface area contributed by atoms with Crippen LogP contribution < -0.4 is 4.72 Å². The fraction of sp³-hybridized carbons (Fsp3) is 0.500. The predicted octanol–water partition coefficient (Wildman–Crippen LogP) is 3.57. The third-order valence-corrected chi connectivity index (χ3v) is 6.11. The van der Waals surface area contributed by atoms with Gasteiger partial charge in [-0.25, -0.2) is 13.1 Å². The molecule has 0 bridgehead atoms. The van der Waals surface area contributed by atoms with E-state index in [0.717, 1.165) is 30.2 Å². The highest BCUT2D eigenvalue weighted by Gasteiger charge is 2.46. The first-order valence-corrected chi connectivity index (χ1v) is 9.73. The summed E-state index contributed by atoms with van der Waals surface area (Å²) >= 11 is 6.02. The zero-order valence-electron chi connectivity index (χ0n) is 12.7. The van der Waals surface area contributed by atoms with E-state index in [1.54, 1.807) is 0 Å². The molecule has 1 heterocycles. The summed E-state index contributed by atoms with van der Waals surface area (Å²) in [4.78, 5) is 3.24. The molecule has 1 aromatic carbocycles. The molecule has 22 heavy (non-hydrogen) atoms. The number of aromatic nitrogens is 1. The normalized spacial score (nSPS) is 17.0. The van der Waals surface area contributed by atoms with E-state index in [9.17, 15) is 8.42 Å². The molecule has 4 nitrogen and oxygen atoms in total. The molecule has 0 unspecified atom stereocenters. The van der Waals surface area contributed by atoms with E-state index in [1.807, 2.05) is 31.3 Å². The maximum Gasteiger partial charge on any atom is 0.211 e. The van der Waals surface area contributed by atoms with Crippen LogP contribution in [-0.2, 0) is 15.4 Å². The molecule has 1 saturated carbocycles. The molecular weight excluding hydrogens is 320 g/mol. The van der Waals surface area contributed by atoms with Crippen LogP contribution in [0.1, 0.15) is 38.2 Å². The van der Waals surface area contributed by atoms with E-state index in [-0.39, 0.29) is 11.2 Å². The number of hydrogen-bond acceptors (Lipinski definition) is 2. The standard InChI is InChI=1S/C16H21ClN2O2S/c1-2-3-8-22(20,21)19-11-16(6-7-16)14-10-18-15-9-12(17)4-5-13(14)15/h4-5,9-10,18-19H,2-3,6-8,11H2,1H3. The highest BCUT2D eigenvalue weighted by Crippen LogP contribution is 2.50. The number of sulfonamides is 1. The smallest absolute Gasteiger partial charge is 0.211 e. The number of H-pyrrole nitrogens is 1. The van der Waals surface area contributed by atoms with Crippen molar-refractivity contribution in [2.45, 2.75) is 38.0 Å². The third kappa shape index (κ3) is 3.16. The maximum atomic E-state index is 12.0. The molecule has 3 rings (SSSR count). The van der Waals surface area contributed by atoms with Gasteiger partial charge in [0.25, 0.3) is 0 Å². The largest absolute Gasteiger partial charge is 0.361 e. The summed E-state index contributed by atoms with van der Waals surface area (Å²) in [6.07, 6.45) is 5.61. The second-order valence-electron chi connectivity index (χ2n) is 6.17. The van der Waals surface area contributed by atoms with Crippen molar-refractivity contribution >= 4 is 32.5 Å². The van der Waals surface area contributed by atoms with Crippen molar-refractivity contribution in [1.82, 2.24) is 9.71 Å². The van der Waals surface area contributed by atoms with E-state index in [0.29, 0.717) is 18.0 Å². The molecule has 120 valence electrons. The molecule has 1 aliphatic rings. The van der Waals surface area contributed by atoms with Gasteiger partial charge in [-0.1, -0.05) is 31.0 Å². The van der Waals surface area contributed by atoms with Crippen LogP contribution in [0.4, 0.5) is 0 Å². The fourth-order valence-corrected chi connectivity index (χ4v) is 4.37. The van der Waals surface area contributed by atoms with Crippen LogP contribution >= 0.6 is 11.6 Å². The topological polar surface area (TPSA) is 62.0 Å². The summed E-state index contributed by atoms with van der Waals surface area (Å²) in [6.45, 7) is 2.48. The van der Waals surface area contributed by atoms with Crippen molar-refractivity contribution < 1.29 is 8.42 Å². The first kappa shape index (κ1) is 15.8. The number of nitrogens with one attached hydrogen (secondary N) is 2. The van der Waals surface area contributed by atoms with Crippen LogP contribution in [0.15, 0.2) is 24.4 Å². The number of unbranched alkanes of at least 4 members (excludes halogenated alkanes) is 1. The van der Waals surface area contributed by atoms with Crippen molar-refractivity contribution in [2.24, 2.45) is 0 Å². The average Bonchev–Trinajstić information content (AvgIpc) is 3.16. The molecule has 0 atom stereocenters. The molecular formula is C16H21ClN2O2S. The molecule has 0 aliphatic heterocycles. The Morgan fingerprint density at radius 3 is 2.82 bits per heavy atom. The number of aromatic amines is 1. The summed E-state index contributed by atoms with van der Waals surface area (Å²) in [6, 6.07) is 5.79. The van der Waals surface area contributed by atoms with Crippen LogP contribution in [0, 0.1) is 0 Å². The lowest BCUT2D eigenvalue weighted by molar-refractivity contribution is 0.565. The second kappa shape index (κ2) is 5.87. The lowest BCUT2D eigenvalue weighted by atomic mass is 9.96. The summed E-state index contributed by atoms with van der Waals surface area (Å²) in [5, 5.41) is 1.83. The molecule has 1 aliphatic carbocycles. The van der Waals surface area contributed by atoms with Crippen molar-refractivity contribution in [2.75, 3.05) is 12.3 Å². The number of halogens is 1. The van der Waals surface area contributed by atoms with Gasteiger partial charge in [0.1, 0.15) is 0 Å². The van der Waals surface area contributed by atoms with Crippen molar-refractivity contribution in [3.63, 3.8) is 0 Å². The maximum absolute atomic E-state index is 12.0. The minimum Gasteiger partial charge on any atom is -0.361 e. The second-order valence-corrected chi connectivity index (χ2v) is 8.53. The van der Waals surface area contributed by atoms with E-state index < -0.39 is 10.0 Å². The minimum atomic E-state index is -3.17. The van der Waals surface area contributed by atoms with Crippen LogP contribution in [0.2, 0.25) is 5.02 Å². The summed E-state index contributed by atoms with van der Waals surface area (Å²) < 4.78 is 26.8. The molecule has 2 aromatic rings. The number of benzene rings is 1. The van der Waals surface area contributed by atoms with Crippen LogP contribution in [0.5, 0.6) is 0 Å². The Morgan fingerprint density at radius 2 is 2.14 bits per heavy atom. The molecule has 6 heteroatoms. The van der Waals surface area contributed by atoms with E-state index >= 15 is 0 Å². The molecule has 0 saturated heterocycles. The van der Waals surface area contributed by atoms with Gasteiger partial charge in [0.2, 0.25) is 10.0 Å². The van der Waals surface area contributed by atoms with Crippen LogP contribution in [0.3, 0.4) is 0 Å². The van der Waals surface area contributed by atoms with Gasteiger partial charge in [-0.05, 0) is 37.0 Å². The van der Waals surface area contributed by atoms with Gasteiger partial charge in [0.15, 0.2) is 0 Å². The zero-order valence-corrected chi connectivity index (χ0v) is 14.2. The van der Waals surface area contributed by atoms with Crippen LogP contribution in [-0.4, -0.2) is 25.7 Å². The highest BCUT2D eigenvalue weighted by molar-refractivity contribution is 7.89. The first-order valence-electron chi connectivity index (χ1n) is 7.70. The van der Waals surface area contributed by atoms with Gasteiger partial charge in [0, 0.05) is 34.1 Å². The Bertz CT molecular complexity index is 779. The van der Waals surface area contributed by atoms with Gasteiger partial charge in [-0.15, -0.1) is 0 Å². The molecule has 2 N–H and O–H groups in total. The zero-order chi connectivity index (χ0) is 15.8. The Hall–Kier alpha value is -1.04. The van der Waals surface area contributed by atoms with Gasteiger partial charge in [-0.3, -0.25) is 0 Å². The van der Waals surface area contributed by atoms with Gasteiger partial charge < -0.3 is 4.98 Å². The predicted molar refractivity (Wildman–Crippen MR) is 90.9 cm³/mol. The number of hydrogen-bond donors (Lipinski definition) is 2.